The van der Waals surface area contributed by atoms with Crippen molar-refractivity contribution in [3.05, 3.63) is 34.3 Å². The summed E-state index contributed by atoms with van der Waals surface area (Å²) in [5, 5.41) is 0.902. The second kappa shape index (κ2) is 8.45. The summed E-state index contributed by atoms with van der Waals surface area (Å²) in [6.07, 6.45) is 0. The van der Waals surface area contributed by atoms with E-state index in [1.165, 1.54) is 7.11 Å². The summed E-state index contributed by atoms with van der Waals surface area (Å²) < 4.78 is 10.1. The van der Waals surface area contributed by atoms with Gasteiger partial charge in [-0.1, -0.05) is 23.2 Å². The van der Waals surface area contributed by atoms with E-state index in [2.05, 4.69) is 0 Å². The third kappa shape index (κ3) is 5.19. The molecule has 0 fully saturated rings. The van der Waals surface area contributed by atoms with E-state index >= 15 is 0 Å². The Morgan fingerprint density at radius 3 is 1.65 bits per heavy atom. The van der Waals surface area contributed by atoms with Crippen molar-refractivity contribution in [3.8, 4) is 11.5 Å². The lowest BCUT2D eigenvalue weighted by Gasteiger charge is -2.08. The van der Waals surface area contributed by atoms with Crippen LogP contribution in [0.2, 0.25) is 10.0 Å². The molecular weight excluding hydrogens is 339 g/mol. The normalized spacial score (nSPS) is 9.74. The maximum atomic E-state index is 5.73. The van der Waals surface area contributed by atoms with Gasteiger partial charge >= 0.3 is 0 Å². The summed E-state index contributed by atoms with van der Waals surface area (Å²) >= 11 is 11.4. The molecule has 8 heteroatoms. The first kappa shape index (κ1) is 18.9. The van der Waals surface area contributed by atoms with Crippen LogP contribution in [0.15, 0.2) is 24.3 Å². The molecule has 0 unspecified atom stereocenters. The standard InChI is InChI=1S/C8H11ClN2O.C7H9ClN2O/c1-2-12-8-4-6(10)5(9)3-7(8)11;1-11-7-3-5(9)4(8)2-6(7)10/h3-4H,2,10-11H2,1H3;2-3H,9-10H2,1H3. The molecule has 0 bridgehead atoms. The highest BCUT2D eigenvalue weighted by Crippen LogP contribution is 2.31. The molecule has 2 aromatic rings. The maximum absolute atomic E-state index is 5.73. The van der Waals surface area contributed by atoms with E-state index in [0.29, 0.717) is 50.9 Å². The quantitative estimate of drug-likeness (QED) is 0.623. The fraction of sp³-hybridized carbons (Fsp3) is 0.200. The summed E-state index contributed by atoms with van der Waals surface area (Å²) in [6, 6.07) is 6.37. The molecule has 0 radical (unpaired) electrons. The van der Waals surface area contributed by atoms with Crippen molar-refractivity contribution in [2.75, 3.05) is 36.7 Å². The van der Waals surface area contributed by atoms with Crippen LogP contribution in [-0.2, 0) is 0 Å². The molecule has 0 heterocycles. The van der Waals surface area contributed by atoms with Gasteiger partial charge in [-0.2, -0.15) is 0 Å². The Balaban J connectivity index is 0.000000231. The Morgan fingerprint density at radius 2 is 1.22 bits per heavy atom. The zero-order valence-electron chi connectivity index (χ0n) is 12.9. The second-order valence-electron chi connectivity index (χ2n) is 4.46. The zero-order valence-corrected chi connectivity index (χ0v) is 14.4. The highest BCUT2D eigenvalue weighted by molar-refractivity contribution is 6.33. The van der Waals surface area contributed by atoms with Crippen molar-refractivity contribution in [2.45, 2.75) is 6.92 Å². The second-order valence-corrected chi connectivity index (χ2v) is 5.27. The third-order valence-corrected chi connectivity index (χ3v) is 3.43. The van der Waals surface area contributed by atoms with Gasteiger partial charge in [0, 0.05) is 12.1 Å². The average molecular weight is 359 g/mol. The zero-order chi connectivity index (χ0) is 17.6. The van der Waals surface area contributed by atoms with Gasteiger partial charge in [0.05, 0.1) is 46.5 Å². The molecule has 0 aliphatic heterocycles. The van der Waals surface area contributed by atoms with Crippen molar-refractivity contribution in [1.29, 1.82) is 0 Å². The van der Waals surface area contributed by atoms with Gasteiger partial charge in [0.25, 0.3) is 0 Å². The number of anilines is 4. The van der Waals surface area contributed by atoms with Crippen LogP contribution in [0.4, 0.5) is 22.7 Å². The Bertz CT molecular complexity index is 681. The Kier molecular flexibility index (Phi) is 6.93. The van der Waals surface area contributed by atoms with Crippen LogP contribution in [0.1, 0.15) is 6.92 Å². The predicted molar refractivity (Wildman–Crippen MR) is 98.3 cm³/mol. The molecule has 2 rings (SSSR count). The Morgan fingerprint density at radius 1 is 0.783 bits per heavy atom. The van der Waals surface area contributed by atoms with Crippen LogP contribution in [0.5, 0.6) is 11.5 Å². The molecule has 126 valence electrons. The molecule has 0 amide bonds. The minimum atomic E-state index is 0.448. The monoisotopic (exact) mass is 358 g/mol. The van der Waals surface area contributed by atoms with E-state index in [9.17, 15) is 0 Å². The number of hydrogen-bond acceptors (Lipinski definition) is 6. The fourth-order valence-electron chi connectivity index (χ4n) is 1.63. The molecule has 0 saturated carbocycles. The van der Waals surface area contributed by atoms with Crippen LogP contribution in [-0.4, -0.2) is 13.7 Å². The lowest BCUT2D eigenvalue weighted by molar-refractivity contribution is 0.342. The summed E-state index contributed by atoms with van der Waals surface area (Å²) in [6.45, 7) is 2.44. The van der Waals surface area contributed by atoms with E-state index in [1.54, 1.807) is 24.3 Å². The number of nitrogen functional groups attached to an aromatic ring is 4. The van der Waals surface area contributed by atoms with Gasteiger partial charge in [-0.25, -0.2) is 0 Å². The van der Waals surface area contributed by atoms with Gasteiger partial charge in [0.15, 0.2) is 0 Å². The maximum Gasteiger partial charge on any atom is 0.144 e. The van der Waals surface area contributed by atoms with Crippen LogP contribution in [0.3, 0.4) is 0 Å². The summed E-state index contributed by atoms with van der Waals surface area (Å²) in [5.41, 5.74) is 24.2. The van der Waals surface area contributed by atoms with Crippen LogP contribution < -0.4 is 32.4 Å². The van der Waals surface area contributed by atoms with Gasteiger partial charge in [0.2, 0.25) is 0 Å². The Labute approximate surface area is 145 Å². The third-order valence-electron chi connectivity index (χ3n) is 2.78. The highest BCUT2D eigenvalue weighted by Gasteiger charge is 2.04. The lowest BCUT2D eigenvalue weighted by Crippen LogP contribution is -1.98. The van der Waals surface area contributed by atoms with Crippen molar-refractivity contribution in [1.82, 2.24) is 0 Å². The summed E-state index contributed by atoms with van der Waals surface area (Å²) in [7, 11) is 1.53. The van der Waals surface area contributed by atoms with Gasteiger partial charge in [0.1, 0.15) is 11.5 Å². The van der Waals surface area contributed by atoms with Crippen molar-refractivity contribution in [3.63, 3.8) is 0 Å². The highest BCUT2D eigenvalue weighted by atomic mass is 35.5. The van der Waals surface area contributed by atoms with Crippen LogP contribution in [0, 0.1) is 0 Å². The molecule has 23 heavy (non-hydrogen) atoms. The van der Waals surface area contributed by atoms with Crippen LogP contribution >= 0.6 is 23.2 Å². The number of nitrogens with two attached hydrogens (primary N) is 4. The Hall–Kier alpha value is -2.18. The van der Waals surface area contributed by atoms with E-state index in [4.69, 9.17) is 55.6 Å². The minimum absolute atomic E-state index is 0.448. The summed E-state index contributed by atoms with van der Waals surface area (Å²) in [4.78, 5) is 0. The SMILES string of the molecule is CCOc1cc(N)c(Cl)cc1N.COc1cc(N)c(Cl)cc1N. The van der Waals surface area contributed by atoms with Crippen molar-refractivity contribution >= 4 is 46.0 Å². The molecular formula is C15H20Cl2N4O2. The number of ether oxygens (including phenoxy) is 2. The fourth-order valence-corrected chi connectivity index (χ4v) is 1.97. The summed E-state index contributed by atoms with van der Waals surface area (Å²) in [5.74, 6) is 1.13. The first-order valence-electron chi connectivity index (χ1n) is 6.65. The number of hydrogen-bond donors (Lipinski definition) is 4. The lowest BCUT2D eigenvalue weighted by atomic mass is 10.2. The molecule has 6 nitrogen and oxygen atoms in total. The van der Waals surface area contributed by atoms with E-state index in [-0.39, 0.29) is 0 Å². The van der Waals surface area contributed by atoms with Gasteiger partial charge in [-0.05, 0) is 19.1 Å². The first-order valence-corrected chi connectivity index (χ1v) is 7.41. The average Bonchev–Trinajstić information content (AvgIpc) is 2.49. The van der Waals surface area contributed by atoms with Gasteiger partial charge < -0.3 is 32.4 Å². The molecule has 8 N–H and O–H groups in total. The molecule has 0 aliphatic carbocycles. The van der Waals surface area contributed by atoms with Crippen molar-refractivity contribution in [2.24, 2.45) is 0 Å². The molecule has 0 aliphatic rings. The molecule has 0 spiro atoms. The topological polar surface area (TPSA) is 123 Å². The number of methoxy groups -OCH3 is 1. The van der Waals surface area contributed by atoms with E-state index < -0.39 is 0 Å². The van der Waals surface area contributed by atoms with Gasteiger partial charge in [-0.15, -0.1) is 0 Å². The molecule has 0 atom stereocenters. The first-order chi connectivity index (χ1) is 10.8. The van der Waals surface area contributed by atoms with Gasteiger partial charge in [-0.3, -0.25) is 0 Å². The number of benzene rings is 2. The molecule has 0 saturated heterocycles. The van der Waals surface area contributed by atoms with E-state index in [1.807, 2.05) is 6.92 Å². The number of rotatable bonds is 3. The van der Waals surface area contributed by atoms with Crippen molar-refractivity contribution < 1.29 is 9.47 Å². The number of halogens is 2. The minimum Gasteiger partial charge on any atom is -0.495 e. The van der Waals surface area contributed by atoms with Crippen LogP contribution in [0.25, 0.3) is 0 Å². The predicted octanol–water partition coefficient (Wildman–Crippen LogP) is 3.42. The largest absolute Gasteiger partial charge is 0.495 e. The molecule has 2 aromatic carbocycles. The molecule has 0 aromatic heterocycles. The van der Waals surface area contributed by atoms with E-state index in [0.717, 1.165) is 0 Å². The smallest absolute Gasteiger partial charge is 0.144 e.